The molecule has 0 saturated carbocycles. The summed E-state index contributed by atoms with van der Waals surface area (Å²) in [5, 5.41) is 5.08. The Kier molecular flexibility index (Phi) is 2.32. The number of hydrogen-bond acceptors (Lipinski definition) is 2. The molecule has 2 aromatic rings. The van der Waals surface area contributed by atoms with E-state index in [1.807, 2.05) is 32.0 Å². The van der Waals surface area contributed by atoms with Gasteiger partial charge in [0.2, 0.25) is 4.77 Å². The quantitative estimate of drug-likeness (QED) is 0.722. The molecule has 0 radical (unpaired) electrons. The Hall–Kier alpha value is -1.62. The minimum Gasteiger partial charge on any atom is -0.272 e. The highest BCUT2D eigenvalue weighted by Crippen LogP contribution is 2.15. The second-order valence-corrected chi connectivity index (χ2v) is 3.80. The highest BCUT2D eigenvalue weighted by atomic mass is 32.1. The molecule has 5 heteroatoms. The van der Waals surface area contributed by atoms with E-state index in [0.717, 1.165) is 16.8 Å². The van der Waals surface area contributed by atoms with Crippen LogP contribution in [0.1, 0.15) is 11.1 Å². The predicted molar refractivity (Wildman–Crippen MR) is 61.0 cm³/mol. The van der Waals surface area contributed by atoms with E-state index < -0.39 is 0 Å². The Bertz CT molecular complexity index is 578. The highest BCUT2D eigenvalue weighted by Gasteiger charge is 2.07. The van der Waals surface area contributed by atoms with Gasteiger partial charge in [-0.2, -0.15) is 0 Å². The normalized spacial score (nSPS) is 10.5. The van der Waals surface area contributed by atoms with Gasteiger partial charge in [0.15, 0.2) is 0 Å². The van der Waals surface area contributed by atoms with Crippen molar-refractivity contribution in [1.82, 2.24) is 14.8 Å². The summed E-state index contributed by atoms with van der Waals surface area (Å²) in [5.74, 6) is 0. The van der Waals surface area contributed by atoms with Crippen LogP contribution in [-0.2, 0) is 0 Å². The Morgan fingerprint density at radius 1 is 1.27 bits per heavy atom. The van der Waals surface area contributed by atoms with E-state index in [0.29, 0.717) is 4.77 Å². The third-order valence-electron chi connectivity index (χ3n) is 2.50. The van der Waals surface area contributed by atoms with Crippen LogP contribution < -0.4 is 5.69 Å². The molecule has 0 fully saturated rings. The number of nitrogens with one attached hydrogen (secondary N) is 2. The van der Waals surface area contributed by atoms with E-state index in [4.69, 9.17) is 12.2 Å². The lowest BCUT2D eigenvalue weighted by atomic mass is 10.1. The Morgan fingerprint density at radius 2 is 2.00 bits per heavy atom. The van der Waals surface area contributed by atoms with Gasteiger partial charge in [-0.05, 0) is 43.3 Å². The van der Waals surface area contributed by atoms with Crippen LogP contribution in [0.5, 0.6) is 0 Å². The van der Waals surface area contributed by atoms with Gasteiger partial charge in [0, 0.05) is 0 Å². The van der Waals surface area contributed by atoms with E-state index in [-0.39, 0.29) is 5.69 Å². The van der Waals surface area contributed by atoms with Crippen LogP contribution in [0.15, 0.2) is 23.0 Å². The first-order valence-electron chi connectivity index (χ1n) is 4.57. The van der Waals surface area contributed by atoms with Gasteiger partial charge in [-0.15, -0.1) is 0 Å². The standard InChI is InChI=1S/C10H11N3OS/c1-6-4-3-5-8(7(6)2)13-9(14)11-12-10(13)15/h3-5H,1-2H3,(H,11,14)(H,12,15). The fourth-order valence-electron chi connectivity index (χ4n) is 1.51. The fourth-order valence-corrected chi connectivity index (χ4v) is 1.74. The van der Waals surface area contributed by atoms with Gasteiger partial charge < -0.3 is 0 Å². The summed E-state index contributed by atoms with van der Waals surface area (Å²) >= 11 is 5.03. The lowest BCUT2D eigenvalue weighted by molar-refractivity contribution is 0.960. The van der Waals surface area contributed by atoms with Gasteiger partial charge in [0.1, 0.15) is 0 Å². The van der Waals surface area contributed by atoms with Gasteiger partial charge in [0.05, 0.1) is 5.69 Å². The molecule has 0 unspecified atom stereocenters. The topological polar surface area (TPSA) is 53.6 Å². The van der Waals surface area contributed by atoms with Gasteiger partial charge in [0.25, 0.3) is 0 Å². The molecule has 1 aromatic carbocycles. The average molecular weight is 221 g/mol. The minimum absolute atomic E-state index is 0.242. The van der Waals surface area contributed by atoms with E-state index in [1.54, 1.807) is 0 Å². The largest absolute Gasteiger partial charge is 0.347 e. The number of H-pyrrole nitrogens is 2. The first-order chi connectivity index (χ1) is 7.11. The average Bonchev–Trinajstić information content (AvgIpc) is 2.52. The monoisotopic (exact) mass is 221 g/mol. The van der Waals surface area contributed by atoms with E-state index in [2.05, 4.69) is 10.2 Å². The van der Waals surface area contributed by atoms with E-state index in [9.17, 15) is 4.79 Å². The maximum Gasteiger partial charge on any atom is 0.347 e. The molecule has 0 aliphatic rings. The molecular weight excluding hydrogens is 210 g/mol. The number of aromatic amines is 2. The van der Waals surface area contributed by atoms with Crippen molar-refractivity contribution in [3.05, 3.63) is 44.6 Å². The smallest absolute Gasteiger partial charge is 0.272 e. The molecule has 0 saturated heterocycles. The number of aryl methyl sites for hydroxylation is 1. The van der Waals surface area contributed by atoms with Gasteiger partial charge in [-0.25, -0.2) is 14.5 Å². The zero-order valence-electron chi connectivity index (χ0n) is 8.50. The summed E-state index contributed by atoms with van der Waals surface area (Å²) in [6.07, 6.45) is 0. The third kappa shape index (κ3) is 1.55. The summed E-state index contributed by atoms with van der Waals surface area (Å²) in [6.45, 7) is 3.97. The lowest BCUT2D eigenvalue weighted by Gasteiger charge is -2.07. The van der Waals surface area contributed by atoms with Crippen molar-refractivity contribution in [2.24, 2.45) is 0 Å². The van der Waals surface area contributed by atoms with Crippen LogP contribution in [0.2, 0.25) is 0 Å². The van der Waals surface area contributed by atoms with Crippen molar-refractivity contribution >= 4 is 12.2 Å². The molecule has 1 aromatic heterocycles. The van der Waals surface area contributed by atoms with E-state index in [1.165, 1.54) is 4.57 Å². The molecule has 0 aliphatic heterocycles. The second-order valence-electron chi connectivity index (χ2n) is 3.41. The molecule has 0 bridgehead atoms. The van der Waals surface area contributed by atoms with Crippen molar-refractivity contribution in [2.45, 2.75) is 13.8 Å². The van der Waals surface area contributed by atoms with E-state index >= 15 is 0 Å². The number of rotatable bonds is 1. The van der Waals surface area contributed by atoms with Gasteiger partial charge in [-0.1, -0.05) is 12.1 Å². The van der Waals surface area contributed by atoms with Gasteiger partial charge in [-0.3, -0.25) is 5.10 Å². The Balaban J connectivity index is 2.81. The van der Waals surface area contributed by atoms with Crippen LogP contribution >= 0.6 is 12.2 Å². The second kappa shape index (κ2) is 3.51. The third-order valence-corrected chi connectivity index (χ3v) is 2.78. The first-order valence-corrected chi connectivity index (χ1v) is 4.98. The summed E-state index contributed by atoms with van der Waals surface area (Å²) in [6, 6.07) is 5.79. The summed E-state index contributed by atoms with van der Waals surface area (Å²) in [5.41, 5.74) is 2.77. The molecule has 0 spiro atoms. The van der Waals surface area contributed by atoms with Crippen LogP contribution in [-0.4, -0.2) is 14.8 Å². The molecule has 15 heavy (non-hydrogen) atoms. The van der Waals surface area contributed by atoms with Crippen molar-refractivity contribution in [1.29, 1.82) is 0 Å². The molecule has 0 amide bonds. The molecular formula is C10H11N3OS. The molecule has 0 atom stereocenters. The zero-order chi connectivity index (χ0) is 11.0. The number of aromatic nitrogens is 3. The fraction of sp³-hybridized carbons (Fsp3) is 0.200. The summed E-state index contributed by atoms with van der Waals surface area (Å²) < 4.78 is 1.84. The number of hydrogen-bond donors (Lipinski definition) is 2. The first kappa shape index (κ1) is 9.92. The van der Waals surface area contributed by atoms with Crippen molar-refractivity contribution in [3.63, 3.8) is 0 Å². The minimum atomic E-state index is -0.242. The molecule has 2 N–H and O–H groups in total. The zero-order valence-corrected chi connectivity index (χ0v) is 9.31. The van der Waals surface area contributed by atoms with Gasteiger partial charge >= 0.3 is 5.69 Å². The number of nitrogens with zero attached hydrogens (tertiary/aromatic N) is 1. The summed E-state index contributed by atoms with van der Waals surface area (Å²) in [7, 11) is 0. The van der Waals surface area contributed by atoms with Crippen LogP contribution in [0.4, 0.5) is 0 Å². The predicted octanol–water partition coefficient (Wildman–Crippen LogP) is 1.84. The maximum atomic E-state index is 11.5. The van der Waals surface area contributed by atoms with Crippen molar-refractivity contribution in [3.8, 4) is 5.69 Å². The Morgan fingerprint density at radius 3 is 2.60 bits per heavy atom. The SMILES string of the molecule is Cc1cccc(-n2c(=O)[nH][nH]c2=S)c1C. The maximum absolute atomic E-state index is 11.5. The van der Waals surface area contributed by atoms with Crippen LogP contribution in [0, 0.1) is 18.6 Å². The van der Waals surface area contributed by atoms with Crippen molar-refractivity contribution in [2.75, 3.05) is 0 Å². The molecule has 0 aliphatic carbocycles. The Labute approximate surface area is 91.6 Å². The summed E-state index contributed by atoms with van der Waals surface area (Å²) in [4.78, 5) is 11.5. The van der Waals surface area contributed by atoms with Crippen LogP contribution in [0.3, 0.4) is 0 Å². The molecule has 1 heterocycles. The van der Waals surface area contributed by atoms with Crippen LogP contribution in [0.25, 0.3) is 5.69 Å². The molecule has 2 rings (SSSR count). The highest BCUT2D eigenvalue weighted by molar-refractivity contribution is 7.71. The molecule has 78 valence electrons. The molecule has 4 nitrogen and oxygen atoms in total. The lowest BCUT2D eigenvalue weighted by Crippen LogP contribution is -2.16. The number of benzene rings is 1. The van der Waals surface area contributed by atoms with Crippen molar-refractivity contribution < 1.29 is 0 Å².